The standard InChI is InChI=1S/C19H22ClNO6S/c1-13-6-5-7-14(2)18(13)26-10-11-27-19(22)15-8-9-16(20)17(12-15)28(23,24)21(3)25-4/h5-9,12H,10-11H2,1-4H3. The highest BCUT2D eigenvalue weighted by Crippen LogP contribution is 2.26. The van der Waals surface area contributed by atoms with Gasteiger partial charge in [0.05, 0.1) is 17.7 Å². The molecule has 0 unspecified atom stereocenters. The predicted molar refractivity (Wildman–Crippen MR) is 105 cm³/mol. The Balaban J connectivity index is 2.04. The Kier molecular flexibility index (Phi) is 7.42. The highest BCUT2D eigenvalue weighted by Gasteiger charge is 2.25. The van der Waals surface area contributed by atoms with E-state index in [9.17, 15) is 13.2 Å². The second-order valence-corrected chi connectivity index (χ2v) is 8.26. The lowest BCUT2D eigenvalue weighted by molar-refractivity contribution is -0.0258. The molecular formula is C19H22ClNO6S. The Morgan fingerprint density at radius 1 is 1.11 bits per heavy atom. The van der Waals surface area contributed by atoms with E-state index in [1.165, 1.54) is 26.3 Å². The van der Waals surface area contributed by atoms with E-state index in [4.69, 9.17) is 25.9 Å². The van der Waals surface area contributed by atoms with E-state index < -0.39 is 16.0 Å². The van der Waals surface area contributed by atoms with Crippen molar-refractivity contribution in [3.05, 3.63) is 58.1 Å². The number of benzene rings is 2. The smallest absolute Gasteiger partial charge is 0.338 e. The molecule has 0 atom stereocenters. The van der Waals surface area contributed by atoms with E-state index in [2.05, 4.69) is 0 Å². The van der Waals surface area contributed by atoms with Crippen LogP contribution in [-0.2, 0) is 19.6 Å². The number of hydrogen-bond donors (Lipinski definition) is 0. The van der Waals surface area contributed by atoms with Crippen LogP contribution in [0.25, 0.3) is 0 Å². The van der Waals surface area contributed by atoms with Crippen molar-refractivity contribution < 1.29 is 27.5 Å². The highest BCUT2D eigenvalue weighted by molar-refractivity contribution is 7.89. The van der Waals surface area contributed by atoms with E-state index in [0.29, 0.717) is 4.47 Å². The molecule has 0 radical (unpaired) electrons. The van der Waals surface area contributed by atoms with Crippen LogP contribution in [0.15, 0.2) is 41.3 Å². The zero-order valence-electron chi connectivity index (χ0n) is 16.1. The van der Waals surface area contributed by atoms with Crippen LogP contribution < -0.4 is 4.74 Å². The molecule has 9 heteroatoms. The van der Waals surface area contributed by atoms with Gasteiger partial charge in [0, 0.05) is 7.05 Å². The van der Waals surface area contributed by atoms with Crippen molar-refractivity contribution in [1.82, 2.24) is 4.47 Å². The van der Waals surface area contributed by atoms with Crippen molar-refractivity contribution in [2.24, 2.45) is 0 Å². The Labute approximate surface area is 169 Å². The van der Waals surface area contributed by atoms with E-state index in [-0.39, 0.29) is 28.7 Å². The first-order valence-corrected chi connectivity index (χ1v) is 10.2. The third kappa shape index (κ3) is 5.02. The van der Waals surface area contributed by atoms with Gasteiger partial charge in [0.15, 0.2) is 0 Å². The van der Waals surface area contributed by atoms with Gasteiger partial charge in [0.25, 0.3) is 10.0 Å². The maximum atomic E-state index is 12.4. The van der Waals surface area contributed by atoms with Crippen molar-refractivity contribution in [3.63, 3.8) is 0 Å². The maximum absolute atomic E-state index is 12.4. The van der Waals surface area contributed by atoms with Crippen molar-refractivity contribution in [1.29, 1.82) is 0 Å². The number of aryl methyl sites for hydroxylation is 2. The summed E-state index contributed by atoms with van der Waals surface area (Å²) in [5.41, 5.74) is 2.03. The molecule has 0 saturated heterocycles. The number of hydrogen-bond acceptors (Lipinski definition) is 6. The molecule has 0 saturated carbocycles. The molecule has 2 rings (SSSR count). The quantitative estimate of drug-likeness (QED) is 0.365. The van der Waals surface area contributed by atoms with Crippen LogP contribution in [0.5, 0.6) is 5.75 Å². The molecule has 28 heavy (non-hydrogen) atoms. The fourth-order valence-electron chi connectivity index (χ4n) is 2.45. The second-order valence-electron chi connectivity index (χ2n) is 5.95. The van der Waals surface area contributed by atoms with Crippen LogP contribution in [0.3, 0.4) is 0 Å². The number of carbonyl (C=O) groups excluding carboxylic acids is 1. The minimum absolute atomic E-state index is 0.00922. The summed E-state index contributed by atoms with van der Waals surface area (Å²) < 4.78 is 36.3. The van der Waals surface area contributed by atoms with Crippen LogP contribution in [-0.4, -0.2) is 46.2 Å². The Bertz CT molecular complexity index is 941. The summed E-state index contributed by atoms with van der Waals surface area (Å²) in [6, 6.07) is 9.67. The normalized spacial score (nSPS) is 11.5. The molecule has 0 spiro atoms. The van der Waals surface area contributed by atoms with E-state index in [1.807, 2.05) is 32.0 Å². The zero-order chi connectivity index (χ0) is 20.9. The fourth-order valence-corrected chi connectivity index (χ4v) is 3.93. The molecule has 0 amide bonds. The summed E-state index contributed by atoms with van der Waals surface area (Å²) in [6.07, 6.45) is 0. The molecule has 0 fully saturated rings. The first kappa shape index (κ1) is 22.2. The molecule has 2 aromatic rings. The summed E-state index contributed by atoms with van der Waals surface area (Å²) >= 11 is 5.98. The van der Waals surface area contributed by atoms with Gasteiger partial charge < -0.3 is 9.47 Å². The Morgan fingerprint density at radius 2 is 1.75 bits per heavy atom. The number of halogens is 1. The number of sulfonamides is 1. The van der Waals surface area contributed by atoms with Gasteiger partial charge in [0.1, 0.15) is 23.9 Å². The number of esters is 1. The highest BCUT2D eigenvalue weighted by atomic mass is 35.5. The van der Waals surface area contributed by atoms with Gasteiger partial charge in [-0.15, -0.1) is 0 Å². The number of ether oxygens (including phenoxy) is 2. The van der Waals surface area contributed by atoms with E-state index in [1.54, 1.807) is 0 Å². The minimum Gasteiger partial charge on any atom is -0.489 e. The lowest BCUT2D eigenvalue weighted by atomic mass is 10.1. The third-order valence-corrected chi connectivity index (χ3v) is 6.17. The summed E-state index contributed by atoms with van der Waals surface area (Å²) in [5, 5.41) is -0.0289. The molecule has 2 aromatic carbocycles. The molecule has 0 N–H and O–H groups in total. The van der Waals surface area contributed by atoms with Crippen LogP contribution in [0.4, 0.5) is 0 Å². The summed E-state index contributed by atoms with van der Waals surface area (Å²) in [4.78, 5) is 16.7. The van der Waals surface area contributed by atoms with Crippen LogP contribution in [0, 0.1) is 13.8 Å². The molecule has 0 aliphatic carbocycles. The molecule has 7 nitrogen and oxygen atoms in total. The molecule has 0 aliphatic heterocycles. The van der Waals surface area contributed by atoms with Gasteiger partial charge >= 0.3 is 5.97 Å². The monoisotopic (exact) mass is 427 g/mol. The maximum Gasteiger partial charge on any atom is 0.338 e. The summed E-state index contributed by atoms with van der Waals surface area (Å²) in [5.74, 6) is 0.0688. The van der Waals surface area contributed by atoms with Crippen molar-refractivity contribution in [2.75, 3.05) is 27.4 Å². The summed E-state index contributed by atoms with van der Waals surface area (Å²) in [6.45, 7) is 4.04. The number of para-hydroxylation sites is 1. The van der Waals surface area contributed by atoms with E-state index >= 15 is 0 Å². The lowest BCUT2D eigenvalue weighted by Crippen LogP contribution is -2.26. The van der Waals surface area contributed by atoms with Gasteiger partial charge in [-0.25, -0.2) is 13.2 Å². The van der Waals surface area contributed by atoms with E-state index in [0.717, 1.165) is 22.9 Å². The predicted octanol–water partition coefficient (Wildman–Crippen LogP) is 3.37. The zero-order valence-corrected chi connectivity index (χ0v) is 17.6. The first-order chi connectivity index (χ1) is 13.2. The van der Waals surface area contributed by atoms with Crippen LogP contribution >= 0.6 is 11.6 Å². The van der Waals surface area contributed by atoms with Gasteiger partial charge in [-0.3, -0.25) is 4.84 Å². The molecule has 0 aliphatic rings. The van der Waals surface area contributed by atoms with Crippen molar-refractivity contribution in [2.45, 2.75) is 18.7 Å². The van der Waals surface area contributed by atoms with Crippen molar-refractivity contribution in [3.8, 4) is 5.75 Å². The van der Waals surface area contributed by atoms with Gasteiger partial charge in [-0.2, -0.15) is 0 Å². The van der Waals surface area contributed by atoms with Gasteiger partial charge in [-0.1, -0.05) is 34.3 Å². The fraction of sp³-hybridized carbons (Fsp3) is 0.316. The third-order valence-electron chi connectivity index (χ3n) is 4.01. The van der Waals surface area contributed by atoms with Gasteiger partial charge in [0.2, 0.25) is 0 Å². The SMILES string of the molecule is CON(C)S(=O)(=O)c1cc(C(=O)OCCOc2c(C)cccc2C)ccc1Cl. The molecule has 0 aromatic heterocycles. The Morgan fingerprint density at radius 3 is 2.36 bits per heavy atom. The largest absolute Gasteiger partial charge is 0.489 e. The Hall–Kier alpha value is -2.13. The number of carbonyl (C=O) groups is 1. The lowest BCUT2D eigenvalue weighted by Gasteiger charge is -2.16. The molecule has 0 bridgehead atoms. The first-order valence-electron chi connectivity index (χ1n) is 8.37. The number of hydroxylamine groups is 1. The van der Waals surface area contributed by atoms with Crippen LogP contribution in [0.2, 0.25) is 5.02 Å². The number of rotatable bonds is 8. The second kappa shape index (κ2) is 9.38. The molecule has 152 valence electrons. The van der Waals surface area contributed by atoms with Crippen molar-refractivity contribution >= 4 is 27.6 Å². The summed E-state index contributed by atoms with van der Waals surface area (Å²) in [7, 11) is -1.57. The molecule has 0 heterocycles. The van der Waals surface area contributed by atoms with Crippen LogP contribution in [0.1, 0.15) is 21.5 Å². The topological polar surface area (TPSA) is 82.1 Å². The minimum atomic E-state index is -4.00. The molecular weight excluding hydrogens is 406 g/mol. The number of nitrogens with zero attached hydrogens (tertiary/aromatic N) is 1. The average Bonchev–Trinajstić information content (AvgIpc) is 2.66. The van der Waals surface area contributed by atoms with Gasteiger partial charge in [-0.05, 0) is 43.2 Å². The average molecular weight is 428 g/mol.